The molecule has 0 spiro atoms. The molecule has 3 rings (SSSR count). The van der Waals surface area contributed by atoms with Crippen LogP contribution in [0.25, 0.3) is 0 Å². The first kappa shape index (κ1) is 24.7. The fourth-order valence-corrected chi connectivity index (χ4v) is 5.04. The van der Waals surface area contributed by atoms with Gasteiger partial charge in [-0.05, 0) is 19.8 Å². The van der Waals surface area contributed by atoms with Crippen LogP contribution in [-0.2, 0) is 33.3 Å². The molecule has 2 bridgehead atoms. The molecule has 3 aliphatic rings. The normalized spacial score (nSPS) is 39.4. The van der Waals surface area contributed by atoms with Crippen molar-refractivity contribution in [2.45, 2.75) is 55.9 Å². The highest BCUT2D eigenvalue weighted by molar-refractivity contribution is 6.18. The van der Waals surface area contributed by atoms with Crippen LogP contribution in [0.4, 0.5) is 0 Å². The van der Waals surface area contributed by atoms with Crippen molar-refractivity contribution < 1.29 is 48.7 Å². The van der Waals surface area contributed by atoms with E-state index < -0.39 is 72.5 Å². The van der Waals surface area contributed by atoms with E-state index in [9.17, 15) is 29.7 Å². The van der Waals surface area contributed by atoms with Crippen LogP contribution < -0.4 is 0 Å². The maximum atomic E-state index is 12.7. The van der Waals surface area contributed by atoms with Gasteiger partial charge in [-0.25, -0.2) is 9.59 Å². The Balaban J connectivity index is 2.14. The van der Waals surface area contributed by atoms with E-state index in [0.717, 1.165) is 7.11 Å². The number of carbonyl (C=O) groups excluding carboxylic acids is 3. The first-order chi connectivity index (χ1) is 15.1. The summed E-state index contributed by atoms with van der Waals surface area (Å²) in [5.74, 6) is -5.36. The van der Waals surface area contributed by atoms with Gasteiger partial charge in [-0.15, -0.1) is 11.6 Å². The van der Waals surface area contributed by atoms with Crippen molar-refractivity contribution in [1.29, 1.82) is 0 Å². The summed E-state index contributed by atoms with van der Waals surface area (Å²) in [4.78, 5) is 37.7. The Kier molecular flexibility index (Phi) is 7.31. The highest BCUT2D eigenvalue weighted by Crippen LogP contribution is 2.47. The van der Waals surface area contributed by atoms with Crippen LogP contribution in [0.3, 0.4) is 0 Å². The lowest BCUT2D eigenvalue weighted by Crippen LogP contribution is -2.54. The van der Waals surface area contributed by atoms with Gasteiger partial charge < -0.3 is 34.3 Å². The lowest BCUT2D eigenvalue weighted by Gasteiger charge is -2.37. The summed E-state index contributed by atoms with van der Waals surface area (Å²) in [6, 6.07) is 0. The molecular formula is C21H27ClO10. The first-order valence-corrected chi connectivity index (χ1v) is 10.7. The van der Waals surface area contributed by atoms with E-state index in [4.69, 9.17) is 30.5 Å². The Labute approximate surface area is 189 Å². The minimum Gasteiger partial charge on any atom is -0.469 e. The summed E-state index contributed by atoms with van der Waals surface area (Å²) in [5, 5.41) is 31.9. The maximum absolute atomic E-state index is 12.7. The predicted molar refractivity (Wildman–Crippen MR) is 108 cm³/mol. The number of aliphatic hydroxyl groups excluding tert-OH is 3. The zero-order valence-electron chi connectivity index (χ0n) is 17.7. The number of rotatable bonds is 5. The molecule has 8 atom stereocenters. The minimum absolute atomic E-state index is 0.102. The van der Waals surface area contributed by atoms with Crippen LogP contribution in [0, 0.1) is 11.8 Å². The van der Waals surface area contributed by atoms with Crippen molar-refractivity contribution in [2.24, 2.45) is 11.8 Å². The van der Waals surface area contributed by atoms with Gasteiger partial charge in [0.15, 0.2) is 0 Å². The topological polar surface area (TPSA) is 149 Å². The molecule has 0 saturated carbocycles. The third-order valence-corrected chi connectivity index (χ3v) is 6.99. The lowest BCUT2D eigenvalue weighted by molar-refractivity contribution is -0.176. The van der Waals surface area contributed by atoms with Crippen molar-refractivity contribution in [1.82, 2.24) is 0 Å². The molecular weight excluding hydrogens is 448 g/mol. The number of fused-ring (bicyclic) bond motifs is 3. The summed E-state index contributed by atoms with van der Waals surface area (Å²) in [5.41, 5.74) is -1.62. The largest absolute Gasteiger partial charge is 0.469 e. The van der Waals surface area contributed by atoms with Crippen molar-refractivity contribution in [2.75, 3.05) is 19.6 Å². The third kappa shape index (κ3) is 3.94. The second-order valence-corrected chi connectivity index (χ2v) is 8.41. The Hall–Kier alpha value is -1.98. The number of hydrogen-bond donors (Lipinski definition) is 3. The molecule has 0 aromatic rings. The molecule has 0 radical (unpaired) electrons. The summed E-state index contributed by atoms with van der Waals surface area (Å²) in [6.45, 7) is 4.57. The van der Waals surface area contributed by atoms with Crippen LogP contribution in [-0.4, -0.2) is 88.9 Å². The van der Waals surface area contributed by atoms with Gasteiger partial charge in [-0.2, -0.15) is 0 Å². The zero-order chi connectivity index (χ0) is 23.8. The van der Waals surface area contributed by atoms with Crippen molar-refractivity contribution in [3.8, 4) is 0 Å². The fraction of sp³-hybridized carbons (Fsp3) is 0.667. The van der Waals surface area contributed by atoms with E-state index in [2.05, 4.69) is 6.58 Å². The highest BCUT2D eigenvalue weighted by Gasteiger charge is 2.62. The monoisotopic (exact) mass is 474 g/mol. The van der Waals surface area contributed by atoms with E-state index in [0.29, 0.717) is 0 Å². The van der Waals surface area contributed by atoms with Crippen molar-refractivity contribution >= 4 is 29.5 Å². The first-order valence-electron chi connectivity index (χ1n) is 10.2. The van der Waals surface area contributed by atoms with Gasteiger partial charge in [0, 0.05) is 5.57 Å². The number of aliphatic hydroxyl groups is 3. The van der Waals surface area contributed by atoms with Gasteiger partial charge >= 0.3 is 17.9 Å². The number of esters is 3. The molecule has 0 amide bonds. The molecule has 178 valence electrons. The molecule has 10 nitrogen and oxygen atoms in total. The second kappa shape index (κ2) is 9.48. The van der Waals surface area contributed by atoms with E-state index >= 15 is 0 Å². The predicted octanol–water partition coefficient (Wildman–Crippen LogP) is -0.384. The SMILES string of the molecule is C=C1C(=O)O[C@H]2[C@H]1[C@H](OC(=O)/C(=C\C)CO)[C@@H](O)[C@@H](C(=O)OC)[C@@H]1CC[C@@](CCl)(O1)[C@@H]2O. The Bertz CT molecular complexity index is 825. The molecule has 0 aromatic heterocycles. The number of hydrogen-bond acceptors (Lipinski definition) is 10. The molecule has 11 heteroatoms. The van der Waals surface area contributed by atoms with Crippen LogP contribution in [0.1, 0.15) is 19.8 Å². The van der Waals surface area contributed by atoms with Crippen LogP contribution >= 0.6 is 11.6 Å². The summed E-state index contributed by atoms with van der Waals surface area (Å²) in [6.07, 6.45) is -5.12. The zero-order valence-corrected chi connectivity index (χ0v) is 18.5. The van der Waals surface area contributed by atoms with E-state index in [-0.39, 0.29) is 29.9 Å². The number of halogens is 1. The highest BCUT2D eigenvalue weighted by atomic mass is 35.5. The molecule has 0 aromatic carbocycles. The van der Waals surface area contributed by atoms with Crippen LogP contribution in [0.15, 0.2) is 23.8 Å². The Morgan fingerprint density at radius 1 is 1.38 bits per heavy atom. The quantitative estimate of drug-likeness (QED) is 0.208. The van der Waals surface area contributed by atoms with Gasteiger partial charge in [-0.3, -0.25) is 4.79 Å². The molecule has 3 heterocycles. The van der Waals surface area contributed by atoms with Crippen LogP contribution in [0.5, 0.6) is 0 Å². The Morgan fingerprint density at radius 3 is 2.62 bits per heavy atom. The molecule has 32 heavy (non-hydrogen) atoms. The number of ether oxygens (including phenoxy) is 4. The van der Waals surface area contributed by atoms with E-state index in [1.165, 1.54) is 13.0 Å². The maximum Gasteiger partial charge on any atom is 0.336 e. The fourth-order valence-electron chi connectivity index (χ4n) is 4.69. The van der Waals surface area contributed by atoms with E-state index in [1.54, 1.807) is 0 Å². The number of alkyl halides is 1. The molecule has 3 saturated heterocycles. The third-order valence-electron chi connectivity index (χ3n) is 6.53. The summed E-state index contributed by atoms with van der Waals surface area (Å²) >= 11 is 6.15. The van der Waals surface area contributed by atoms with Gasteiger partial charge in [-0.1, -0.05) is 12.7 Å². The van der Waals surface area contributed by atoms with Crippen molar-refractivity contribution in [3.05, 3.63) is 23.8 Å². The molecule has 3 fully saturated rings. The average Bonchev–Trinajstić information content (AvgIpc) is 3.34. The number of allylic oxidation sites excluding steroid dienone is 1. The van der Waals surface area contributed by atoms with Gasteiger partial charge in [0.05, 0.1) is 37.2 Å². The smallest absolute Gasteiger partial charge is 0.336 e. The molecule has 0 aliphatic carbocycles. The molecule has 3 aliphatic heterocycles. The Morgan fingerprint density at radius 2 is 2.06 bits per heavy atom. The van der Waals surface area contributed by atoms with Crippen LogP contribution in [0.2, 0.25) is 0 Å². The van der Waals surface area contributed by atoms with E-state index in [1.807, 2.05) is 0 Å². The minimum atomic E-state index is -1.71. The average molecular weight is 475 g/mol. The lowest BCUT2D eigenvalue weighted by atomic mass is 9.76. The number of carbonyl (C=O) groups is 3. The van der Waals surface area contributed by atoms with Gasteiger partial charge in [0.1, 0.15) is 35.9 Å². The molecule has 3 N–H and O–H groups in total. The standard InChI is InChI=1S/C21H27ClO10/c1-4-10(7-23)19(27)30-15-12-9(2)18(26)31-16(12)17(25)21(8-22)6-5-11(32-21)13(14(15)24)20(28)29-3/h4,11-17,23-25H,2,5-8H2,1,3H3/b10-4-/t11-,12+,13-,14-,15-,16-,17+,21-/m0/s1. The van der Waals surface area contributed by atoms with Crippen molar-refractivity contribution in [3.63, 3.8) is 0 Å². The summed E-state index contributed by atoms with van der Waals surface area (Å²) in [7, 11) is 1.13. The second-order valence-electron chi connectivity index (χ2n) is 8.14. The summed E-state index contributed by atoms with van der Waals surface area (Å²) < 4.78 is 21.7. The van der Waals surface area contributed by atoms with Gasteiger partial charge in [0.2, 0.25) is 0 Å². The van der Waals surface area contributed by atoms with Gasteiger partial charge in [0.25, 0.3) is 0 Å². The molecule has 0 unspecified atom stereocenters. The number of methoxy groups -OCH3 is 1.